The van der Waals surface area contributed by atoms with Crippen molar-refractivity contribution >= 4 is 41.0 Å². The molecule has 0 aliphatic carbocycles. The molecule has 0 radical (unpaired) electrons. The molecule has 0 spiro atoms. The molecule has 5 rings (SSSR count). The van der Waals surface area contributed by atoms with E-state index in [2.05, 4.69) is 26.8 Å². The van der Waals surface area contributed by atoms with E-state index in [4.69, 9.17) is 16.7 Å². The lowest BCUT2D eigenvalue weighted by Crippen LogP contribution is -2.45. The molecule has 200 valence electrons. The molecule has 2 aromatic carbocycles. The monoisotopic (exact) mass is 550 g/mol. The fraction of sp³-hybridized carbons (Fsp3) is 0.433. The lowest BCUT2D eigenvalue weighted by molar-refractivity contribution is -0.132. The van der Waals surface area contributed by atoms with Crippen molar-refractivity contribution in [3.05, 3.63) is 75.9 Å². The number of rotatable bonds is 4. The summed E-state index contributed by atoms with van der Waals surface area (Å²) in [6.45, 7) is 9.99. The number of aromatic nitrogens is 2. The van der Waals surface area contributed by atoms with Crippen molar-refractivity contribution in [3.8, 4) is 5.69 Å². The first kappa shape index (κ1) is 26.8. The van der Waals surface area contributed by atoms with Crippen molar-refractivity contribution in [2.75, 3.05) is 30.3 Å². The molecule has 6 nitrogen and oxygen atoms in total. The van der Waals surface area contributed by atoms with E-state index in [1.54, 1.807) is 16.7 Å². The number of anilines is 1. The van der Waals surface area contributed by atoms with Gasteiger partial charge in [0.15, 0.2) is 0 Å². The third-order valence-electron chi connectivity index (χ3n) is 7.30. The summed E-state index contributed by atoms with van der Waals surface area (Å²) in [6, 6.07) is 15.9. The summed E-state index contributed by atoms with van der Waals surface area (Å²) in [7, 11) is 0. The van der Waals surface area contributed by atoms with Crippen LogP contribution in [0.15, 0.2) is 48.5 Å². The number of para-hydroxylation sites is 1. The Kier molecular flexibility index (Phi) is 7.60. The van der Waals surface area contributed by atoms with Crippen molar-refractivity contribution in [1.29, 1.82) is 0 Å². The van der Waals surface area contributed by atoms with Gasteiger partial charge in [-0.05, 0) is 55.5 Å². The number of hydrogen-bond donors (Lipinski definition) is 0. The highest BCUT2D eigenvalue weighted by Gasteiger charge is 2.40. The molecule has 3 heterocycles. The summed E-state index contributed by atoms with van der Waals surface area (Å²) in [5.41, 5.74) is 4.56. The molecule has 1 aromatic heterocycles. The zero-order valence-corrected chi connectivity index (χ0v) is 24.1. The van der Waals surface area contributed by atoms with Crippen molar-refractivity contribution in [3.63, 3.8) is 0 Å². The van der Waals surface area contributed by atoms with Gasteiger partial charge in [-0.25, -0.2) is 4.68 Å². The summed E-state index contributed by atoms with van der Waals surface area (Å²) >= 11 is 8.02. The van der Waals surface area contributed by atoms with Gasteiger partial charge in [-0.15, -0.1) is 11.8 Å². The van der Waals surface area contributed by atoms with Crippen LogP contribution in [0.2, 0.25) is 5.02 Å². The molecule has 0 bridgehead atoms. The van der Waals surface area contributed by atoms with Gasteiger partial charge in [-0.2, -0.15) is 5.10 Å². The quantitative estimate of drug-likeness (QED) is 0.382. The van der Waals surface area contributed by atoms with Gasteiger partial charge in [0.1, 0.15) is 12.4 Å². The zero-order valence-electron chi connectivity index (χ0n) is 22.5. The third-order valence-corrected chi connectivity index (χ3v) is 8.79. The molecule has 1 saturated heterocycles. The lowest BCUT2D eigenvalue weighted by atomic mass is 9.87. The number of hydrogen-bond acceptors (Lipinski definition) is 4. The second-order valence-electron chi connectivity index (χ2n) is 11.2. The topological polar surface area (TPSA) is 58.4 Å². The number of benzene rings is 2. The third kappa shape index (κ3) is 5.23. The number of carbonyl (C=O) groups excluding carboxylic acids is 2. The normalized spacial score (nSPS) is 18.3. The van der Waals surface area contributed by atoms with Crippen LogP contribution in [0.5, 0.6) is 0 Å². The van der Waals surface area contributed by atoms with Crippen LogP contribution >= 0.6 is 23.4 Å². The van der Waals surface area contributed by atoms with Crippen LogP contribution < -0.4 is 4.90 Å². The number of thioether (sulfide) groups is 1. The lowest BCUT2D eigenvalue weighted by Gasteiger charge is -2.30. The minimum Gasteiger partial charge on any atom is -0.341 e. The molecule has 0 N–H and O–H groups in total. The molecule has 2 amide bonds. The molecular formula is C30H35ClN4O2S. The van der Waals surface area contributed by atoms with E-state index in [1.165, 1.54) is 0 Å². The average Bonchev–Trinajstić information content (AvgIpc) is 3.22. The summed E-state index contributed by atoms with van der Waals surface area (Å²) < 4.78 is 1.90. The fourth-order valence-electron chi connectivity index (χ4n) is 5.35. The van der Waals surface area contributed by atoms with Crippen LogP contribution in [0.3, 0.4) is 0 Å². The highest BCUT2D eigenvalue weighted by molar-refractivity contribution is 8.00. The zero-order chi connectivity index (χ0) is 27.0. The van der Waals surface area contributed by atoms with Crippen molar-refractivity contribution in [1.82, 2.24) is 14.7 Å². The van der Waals surface area contributed by atoms with Crippen molar-refractivity contribution < 1.29 is 9.59 Å². The van der Waals surface area contributed by atoms with Crippen LogP contribution in [0.4, 0.5) is 5.82 Å². The molecule has 2 aliphatic heterocycles. The number of carbonyl (C=O) groups is 2. The van der Waals surface area contributed by atoms with E-state index >= 15 is 0 Å². The van der Waals surface area contributed by atoms with Gasteiger partial charge in [-0.3, -0.25) is 14.5 Å². The SMILES string of the molecule is Cc1ccccc1-n1nc(C(C)(C)C)c2c1N(CC(=O)N1CCCCC1)C(=O)CSC2c1cccc(Cl)c1. The summed E-state index contributed by atoms with van der Waals surface area (Å²) in [4.78, 5) is 31.0. The number of likely N-dealkylation sites (tertiary alicyclic amines) is 1. The van der Waals surface area contributed by atoms with Crippen LogP contribution in [0.1, 0.15) is 67.7 Å². The Morgan fingerprint density at radius 1 is 1.08 bits per heavy atom. The van der Waals surface area contributed by atoms with Gasteiger partial charge in [0, 0.05) is 29.1 Å². The molecule has 8 heteroatoms. The molecule has 1 atom stereocenters. The minimum absolute atomic E-state index is 0.00921. The average molecular weight is 551 g/mol. The van der Waals surface area contributed by atoms with E-state index in [0.29, 0.717) is 10.8 Å². The second-order valence-corrected chi connectivity index (χ2v) is 12.7. The van der Waals surface area contributed by atoms with Gasteiger partial charge in [0.2, 0.25) is 11.8 Å². The van der Waals surface area contributed by atoms with Gasteiger partial charge in [0.05, 0.1) is 22.4 Å². The standard InChI is InChI=1S/C30H35ClN4O2S/c1-20-11-6-7-14-23(20)35-29-26(28(32-35)30(2,3)4)27(21-12-10-13-22(31)17-21)38-19-25(37)34(29)18-24(36)33-15-8-5-9-16-33/h6-7,10-14,17,27H,5,8-9,15-16,18-19H2,1-4H3. The maximum atomic E-state index is 13.8. The van der Waals surface area contributed by atoms with Crippen LogP contribution in [-0.4, -0.2) is 51.9 Å². The van der Waals surface area contributed by atoms with Crippen LogP contribution in [0.25, 0.3) is 5.69 Å². The van der Waals surface area contributed by atoms with E-state index in [0.717, 1.165) is 60.4 Å². The van der Waals surface area contributed by atoms with Crippen molar-refractivity contribution in [2.24, 2.45) is 0 Å². The largest absolute Gasteiger partial charge is 0.341 e. The maximum Gasteiger partial charge on any atom is 0.242 e. The summed E-state index contributed by atoms with van der Waals surface area (Å²) in [6.07, 6.45) is 3.16. The predicted octanol–water partition coefficient (Wildman–Crippen LogP) is 6.31. The van der Waals surface area contributed by atoms with E-state index in [-0.39, 0.29) is 34.8 Å². The summed E-state index contributed by atoms with van der Waals surface area (Å²) in [5.74, 6) is 0.859. The minimum atomic E-state index is -0.300. The first-order chi connectivity index (χ1) is 18.1. The van der Waals surface area contributed by atoms with Crippen LogP contribution in [-0.2, 0) is 15.0 Å². The number of amides is 2. The molecule has 2 aliphatic rings. The molecule has 1 unspecified atom stereocenters. The Balaban J connectivity index is 1.74. The first-order valence-corrected chi connectivity index (χ1v) is 14.7. The molecular weight excluding hydrogens is 516 g/mol. The summed E-state index contributed by atoms with van der Waals surface area (Å²) in [5, 5.41) is 5.69. The molecule has 0 saturated carbocycles. The number of fused-ring (bicyclic) bond motifs is 1. The fourth-order valence-corrected chi connectivity index (χ4v) is 6.74. The van der Waals surface area contributed by atoms with Gasteiger partial charge >= 0.3 is 0 Å². The predicted molar refractivity (Wildman–Crippen MR) is 156 cm³/mol. The number of nitrogens with zero attached hydrogens (tertiary/aromatic N) is 4. The Hall–Kier alpha value is -2.77. The van der Waals surface area contributed by atoms with Crippen molar-refractivity contribution in [2.45, 2.75) is 57.6 Å². The molecule has 38 heavy (non-hydrogen) atoms. The highest BCUT2D eigenvalue weighted by atomic mass is 35.5. The smallest absolute Gasteiger partial charge is 0.242 e. The first-order valence-electron chi connectivity index (χ1n) is 13.3. The Labute approximate surface area is 234 Å². The number of halogens is 1. The maximum absolute atomic E-state index is 13.8. The van der Waals surface area contributed by atoms with E-state index in [1.807, 2.05) is 59.0 Å². The van der Waals surface area contributed by atoms with Gasteiger partial charge < -0.3 is 4.90 Å². The Morgan fingerprint density at radius 2 is 1.82 bits per heavy atom. The molecule has 3 aromatic rings. The second kappa shape index (κ2) is 10.8. The van der Waals surface area contributed by atoms with E-state index in [9.17, 15) is 9.59 Å². The molecule has 1 fully saturated rings. The Bertz CT molecular complexity index is 1360. The Morgan fingerprint density at radius 3 is 2.50 bits per heavy atom. The number of aryl methyl sites for hydroxylation is 1. The highest BCUT2D eigenvalue weighted by Crippen LogP contribution is 2.48. The van der Waals surface area contributed by atoms with Gasteiger partial charge in [0.25, 0.3) is 0 Å². The van der Waals surface area contributed by atoms with E-state index < -0.39 is 0 Å². The van der Waals surface area contributed by atoms with Crippen LogP contribution in [0, 0.1) is 6.92 Å². The van der Waals surface area contributed by atoms with Gasteiger partial charge in [-0.1, -0.05) is 62.7 Å². The number of piperidine rings is 1.